The minimum atomic E-state index is -0.147. The first-order valence-corrected chi connectivity index (χ1v) is 10.1. The number of benzene rings is 2. The molecule has 5 heteroatoms. The molecule has 0 spiro atoms. The van der Waals surface area contributed by atoms with Crippen molar-refractivity contribution < 1.29 is 19.1 Å². The van der Waals surface area contributed by atoms with E-state index in [4.69, 9.17) is 9.47 Å². The molecule has 0 saturated carbocycles. The maximum absolute atomic E-state index is 13.1. The van der Waals surface area contributed by atoms with Gasteiger partial charge in [0.05, 0.1) is 14.2 Å². The summed E-state index contributed by atoms with van der Waals surface area (Å²) in [5.74, 6) is 1.62. The van der Waals surface area contributed by atoms with Crippen LogP contribution in [0.5, 0.6) is 11.5 Å². The molecular formula is C24H29NO4. The largest absolute Gasteiger partial charge is 0.497 e. The fourth-order valence-electron chi connectivity index (χ4n) is 3.99. The van der Waals surface area contributed by atoms with E-state index in [1.807, 2.05) is 54.3 Å². The molecule has 1 unspecified atom stereocenters. The number of piperidine rings is 1. The predicted octanol–water partition coefficient (Wildman–Crippen LogP) is 4.07. The average molecular weight is 395 g/mol. The normalized spacial score (nSPS) is 16.4. The van der Waals surface area contributed by atoms with E-state index < -0.39 is 0 Å². The predicted molar refractivity (Wildman–Crippen MR) is 113 cm³/mol. The molecule has 1 fully saturated rings. The summed E-state index contributed by atoms with van der Waals surface area (Å²) >= 11 is 0. The molecule has 3 rings (SSSR count). The molecule has 154 valence electrons. The Morgan fingerprint density at radius 2 is 1.90 bits per heavy atom. The van der Waals surface area contributed by atoms with Crippen molar-refractivity contribution >= 4 is 11.7 Å². The van der Waals surface area contributed by atoms with Gasteiger partial charge in [-0.15, -0.1) is 0 Å². The van der Waals surface area contributed by atoms with Gasteiger partial charge < -0.3 is 14.4 Å². The lowest BCUT2D eigenvalue weighted by Gasteiger charge is -2.32. The van der Waals surface area contributed by atoms with Gasteiger partial charge in [-0.1, -0.05) is 18.2 Å². The number of rotatable bonds is 7. The van der Waals surface area contributed by atoms with Crippen LogP contribution >= 0.6 is 0 Å². The zero-order valence-corrected chi connectivity index (χ0v) is 17.4. The molecular weight excluding hydrogens is 366 g/mol. The number of ether oxygens (including phenoxy) is 2. The summed E-state index contributed by atoms with van der Waals surface area (Å²) in [6, 6.07) is 13.3. The fourth-order valence-corrected chi connectivity index (χ4v) is 3.99. The standard InChI is InChI=1S/C24H29NO4/c1-17-15-20(28-2)11-12-21(17)24(27)19-8-6-14-25(16-19)23(26)13-10-18-7-4-5-9-22(18)29-3/h4-5,7,9,11-12,15,19H,6,8,10,13-14,16H2,1-3H3. The molecule has 1 aliphatic heterocycles. The third kappa shape index (κ3) is 4.97. The van der Waals surface area contributed by atoms with Crippen LogP contribution in [0.15, 0.2) is 42.5 Å². The molecule has 0 bridgehead atoms. The van der Waals surface area contributed by atoms with Crippen molar-refractivity contribution in [3.8, 4) is 11.5 Å². The second-order valence-electron chi connectivity index (χ2n) is 7.54. The zero-order chi connectivity index (χ0) is 20.8. The van der Waals surface area contributed by atoms with Crippen molar-refractivity contribution in [2.24, 2.45) is 5.92 Å². The number of methoxy groups -OCH3 is 2. The van der Waals surface area contributed by atoms with Crippen LogP contribution in [0.2, 0.25) is 0 Å². The molecule has 29 heavy (non-hydrogen) atoms. The Morgan fingerprint density at radius 1 is 1.10 bits per heavy atom. The quantitative estimate of drug-likeness (QED) is 0.663. The van der Waals surface area contributed by atoms with Gasteiger partial charge in [0, 0.05) is 31.0 Å². The van der Waals surface area contributed by atoms with Crippen molar-refractivity contribution in [1.29, 1.82) is 0 Å². The van der Waals surface area contributed by atoms with Crippen LogP contribution in [0.1, 0.15) is 40.7 Å². The Kier molecular flexibility index (Phi) is 6.91. The number of para-hydroxylation sites is 1. The van der Waals surface area contributed by atoms with Gasteiger partial charge in [-0.2, -0.15) is 0 Å². The number of likely N-dealkylation sites (tertiary alicyclic amines) is 1. The summed E-state index contributed by atoms with van der Waals surface area (Å²) in [5.41, 5.74) is 2.66. The number of hydrogen-bond donors (Lipinski definition) is 0. The first-order chi connectivity index (χ1) is 14.0. The van der Waals surface area contributed by atoms with E-state index in [1.165, 1.54) is 0 Å². The lowest BCUT2D eigenvalue weighted by atomic mass is 9.88. The van der Waals surface area contributed by atoms with Crippen LogP contribution in [0.3, 0.4) is 0 Å². The van der Waals surface area contributed by atoms with Gasteiger partial charge in [-0.05, 0) is 61.6 Å². The molecule has 1 amide bonds. The van der Waals surface area contributed by atoms with Crippen LogP contribution in [-0.2, 0) is 11.2 Å². The molecule has 1 atom stereocenters. The van der Waals surface area contributed by atoms with Gasteiger partial charge in [0.15, 0.2) is 5.78 Å². The molecule has 2 aromatic carbocycles. The van der Waals surface area contributed by atoms with E-state index in [2.05, 4.69) is 0 Å². The van der Waals surface area contributed by atoms with Crippen molar-refractivity contribution in [2.45, 2.75) is 32.6 Å². The van der Waals surface area contributed by atoms with Crippen molar-refractivity contribution in [3.05, 3.63) is 59.2 Å². The molecule has 0 N–H and O–H groups in total. The Labute approximate surface area is 172 Å². The summed E-state index contributed by atoms with van der Waals surface area (Å²) in [7, 11) is 3.26. The highest BCUT2D eigenvalue weighted by atomic mass is 16.5. The molecule has 5 nitrogen and oxygen atoms in total. The lowest BCUT2D eigenvalue weighted by molar-refractivity contribution is -0.132. The summed E-state index contributed by atoms with van der Waals surface area (Å²) in [6.07, 6.45) is 2.73. The second-order valence-corrected chi connectivity index (χ2v) is 7.54. The molecule has 0 aromatic heterocycles. The van der Waals surface area contributed by atoms with Gasteiger partial charge >= 0.3 is 0 Å². The minimum Gasteiger partial charge on any atom is -0.497 e. The number of Topliss-reactive ketones (excluding diaryl/α,β-unsaturated/α-hetero) is 1. The Bertz CT molecular complexity index is 877. The van der Waals surface area contributed by atoms with E-state index >= 15 is 0 Å². The Balaban J connectivity index is 1.62. The topological polar surface area (TPSA) is 55.8 Å². The number of nitrogens with zero attached hydrogens (tertiary/aromatic N) is 1. The first-order valence-electron chi connectivity index (χ1n) is 10.1. The van der Waals surface area contributed by atoms with Crippen LogP contribution in [0.4, 0.5) is 0 Å². The molecule has 0 radical (unpaired) electrons. The number of hydrogen-bond acceptors (Lipinski definition) is 4. The highest BCUT2D eigenvalue weighted by Crippen LogP contribution is 2.26. The third-order valence-electron chi connectivity index (χ3n) is 5.64. The first kappa shape index (κ1) is 20.9. The second kappa shape index (κ2) is 9.59. The summed E-state index contributed by atoms with van der Waals surface area (Å²) in [5, 5.41) is 0. The van der Waals surface area contributed by atoms with Gasteiger partial charge in [0.1, 0.15) is 11.5 Å². The lowest BCUT2D eigenvalue weighted by Crippen LogP contribution is -2.42. The Hall–Kier alpha value is -2.82. The van der Waals surface area contributed by atoms with Crippen molar-refractivity contribution in [1.82, 2.24) is 4.90 Å². The SMILES string of the molecule is COc1ccc(C(=O)C2CCCN(C(=O)CCc3ccccc3OC)C2)c(C)c1. The highest BCUT2D eigenvalue weighted by molar-refractivity contribution is 5.99. The fraction of sp³-hybridized carbons (Fsp3) is 0.417. The monoisotopic (exact) mass is 395 g/mol. The van der Waals surface area contributed by atoms with Crippen LogP contribution in [-0.4, -0.2) is 43.9 Å². The van der Waals surface area contributed by atoms with Crippen LogP contribution in [0.25, 0.3) is 0 Å². The highest BCUT2D eigenvalue weighted by Gasteiger charge is 2.29. The summed E-state index contributed by atoms with van der Waals surface area (Å²) < 4.78 is 10.6. The molecule has 1 saturated heterocycles. The summed E-state index contributed by atoms with van der Waals surface area (Å²) in [6.45, 7) is 3.14. The average Bonchev–Trinajstić information content (AvgIpc) is 2.77. The minimum absolute atomic E-state index is 0.0971. The number of carbonyl (C=O) groups is 2. The smallest absolute Gasteiger partial charge is 0.222 e. The van der Waals surface area contributed by atoms with E-state index in [9.17, 15) is 9.59 Å². The van der Waals surface area contributed by atoms with E-state index in [-0.39, 0.29) is 17.6 Å². The number of ketones is 1. The zero-order valence-electron chi connectivity index (χ0n) is 17.4. The van der Waals surface area contributed by atoms with E-state index in [0.29, 0.717) is 19.4 Å². The van der Waals surface area contributed by atoms with Crippen molar-refractivity contribution in [3.63, 3.8) is 0 Å². The maximum Gasteiger partial charge on any atom is 0.222 e. The summed E-state index contributed by atoms with van der Waals surface area (Å²) in [4.78, 5) is 27.7. The number of carbonyl (C=O) groups excluding carboxylic acids is 2. The van der Waals surface area contributed by atoms with E-state index in [0.717, 1.165) is 47.6 Å². The number of amides is 1. The van der Waals surface area contributed by atoms with E-state index in [1.54, 1.807) is 14.2 Å². The van der Waals surface area contributed by atoms with Gasteiger partial charge in [0.2, 0.25) is 5.91 Å². The maximum atomic E-state index is 13.1. The van der Waals surface area contributed by atoms with Crippen molar-refractivity contribution in [2.75, 3.05) is 27.3 Å². The van der Waals surface area contributed by atoms with Gasteiger partial charge in [0.25, 0.3) is 0 Å². The molecule has 1 heterocycles. The van der Waals surface area contributed by atoms with Crippen LogP contribution < -0.4 is 9.47 Å². The molecule has 1 aliphatic rings. The van der Waals surface area contributed by atoms with Crippen LogP contribution in [0, 0.1) is 12.8 Å². The molecule has 2 aromatic rings. The number of aryl methyl sites for hydroxylation is 2. The Morgan fingerprint density at radius 3 is 2.62 bits per heavy atom. The van der Waals surface area contributed by atoms with Gasteiger partial charge in [-0.3, -0.25) is 9.59 Å². The van der Waals surface area contributed by atoms with Gasteiger partial charge in [-0.25, -0.2) is 0 Å². The third-order valence-corrected chi connectivity index (χ3v) is 5.64. The molecule has 0 aliphatic carbocycles.